The number of amides is 1. The van der Waals surface area contributed by atoms with Crippen LogP contribution in [-0.2, 0) is 18.4 Å². The van der Waals surface area contributed by atoms with Crippen molar-refractivity contribution in [2.45, 2.75) is 360 Å². The first-order valence-electron chi connectivity index (χ1n) is 35.0. The number of nitrogens with one attached hydrogen (secondary N) is 1. The Bertz CT molecular complexity index is 1440. The van der Waals surface area contributed by atoms with Crippen molar-refractivity contribution in [1.29, 1.82) is 0 Å². The number of nitrogens with zero attached hydrogens (tertiary/aromatic N) is 1. The first-order valence-corrected chi connectivity index (χ1v) is 36.5. The Morgan fingerprint density at radius 2 is 0.738 bits per heavy atom. The van der Waals surface area contributed by atoms with Crippen molar-refractivity contribution >= 4 is 13.7 Å². The van der Waals surface area contributed by atoms with E-state index in [-0.39, 0.29) is 12.5 Å². The maximum absolute atomic E-state index is 13.0. The van der Waals surface area contributed by atoms with Crippen molar-refractivity contribution in [2.75, 3.05) is 40.9 Å². The highest BCUT2D eigenvalue weighted by atomic mass is 31.2. The zero-order chi connectivity index (χ0) is 58.4. The van der Waals surface area contributed by atoms with E-state index >= 15 is 0 Å². The molecule has 8 nitrogen and oxygen atoms in total. The molecule has 0 spiro atoms. The summed E-state index contributed by atoms with van der Waals surface area (Å²) in [7, 11) is 1.25. The Kier molecular flexibility index (Phi) is 60.8. The quantitative estimate of drug-likeness (QED) is 0.0272. The van der Waals surface area contributed by atoms with Crippen LogP contribution in [0.2, 0.25) is 0 Å². The van der Waals surface area contributed by atoms with Crippen LogP contribution < -0.4 is 10.2 Å². The van der Waals surface area contributed by atoms with Gasteiger partial charge in [-0.05, 0) is 64.2 Å². The Hall–Kier alpha value is -1.54. The molecular weight excluding hydrogens is 1010 g/mol. The van der Waals surface area contributed by atoms with E-state index < -0.39 is 26.6 Å². The van der Waals surface area contributed by atoms with Gasteiger partial charge in [-0.1, -0.05) is 326 Å². The molecular formula is C71H137N2O6P. The van der Waals surface area contributed by atoms with Gasteiger partial charge in [0.1, 0.15) is 13.2 Å². The summed E-state index contributed by atoms with van der Waals surface area (Å²) in [4.78, 5) is 25.6. The van der Waals surface area contributed by atoms with Crippen LogP contribution in [0.4, 0.5) is 0 Å². The van der Waals surface area contributed by atoms with Crippen LogP contribution in [0.3, 0.4) is 0 Å². The van der Waals surface area contributed by atoms with Crippen LogP contribution in [0.1, 0.15) is 348 Å². The standard InChI is InChI=1S/C71H137N2O6P/c1-6-8-10-12-14-16-18-20-22-24-26-28-30-32-34-35-36-37-39-40-42-44-46-48-50-52-54-56-58-60-62-64-70(74)69(68-79-80(76,77)78-67-66-73(3,4)5)72-71(75)65-63-61-59-57-55-53-51-49-47-45-43-41-38-33-31-29-27-25-23-21-19-17-15-13-11-9-7-2/h19,21,25,27,54,56,62,64,69-70,74H,6-18,20,22-24,26,28-53,55,57-61,63,65-68H2,1-5H3,(H-,72,75,76,77)/b21-19-,27-25-,56-54+,64-62+. The van der Waals surface area contributed by atoms with Gasteiger partial charge in [0.25, 0.3) is 7.82 Å². The van der Waals surface area contributed by atoms with E-state index in [1.807, 2.05) is 27.2 Å². The van der Waals surface area contributed by atoms with Crippen LogP contribution in [0.5, 0.6) is 0 Å². The zero-order valence-electron chi connectivity index (χ0n) is 54.0. The molecule has 0 aliphatic heterocycles. The summed E-state index contributed by atoms with van der Waals surface area (Å²) in [6, 6.07) is -0.906. The predicted octanol–water partition coefficient (Wildman–Crippen LogP) is 21.6. The minimum absolute atomic E-state index is 0.00595. The van der Waals surface area contributed by atoms with Gasteiger partial charge >= 0.3 is 0 Å². The van der Waals surface area contributed by atoms with Gasteiger partial charge in [0.2, 0.25) is 5.91 Å². The summed E-state index contributed by atoms with van der Waals surface area (Å²) in [5.41, 5.74) is 0. The third-order valence-corrected chi connectivity index (χ3v) is 17.0. The maximum Gasteiger partial charge on any atom is 0.268 e. The Labute approximate surface area is 499 Å². The lowest BCUT2D eigenvalue weighted by Crippen LogP contribution is -2.45. The molecule has 472 valence electrons. The van der Waals surface area contributed by atoms with E-state index in [0.717, 1.165) is 44.9 Å². The average Bonchev–Trinajstić information content (AvgIpc) is 3.42. The lowest BCUT2D eigenvalue weighted by atomic mass is 10.0. The van der Waals surface area contributed by atoms with Gasteiger partial charge in [0.05, 0.1) is 39.9 Å². The summed E-state index contributed by atoms with van der Waals surface area (Å²) < 4.78 is 23.4. The SMILES string of the molecule is CCCCCCC/C=C\C/C=C\CCCCCCCCCCCCCCCCCC(=O)NC(COP(=O)([O-])OCC[N+](C)(C)C)C(O)/C=C/CC/C=C/CCCCCCCCCCCCCCCCCCCCCCCCCCC. The van der Waals surface area contributed by atoms with Crippen molar-refractivity contribution in [3.63, 3.8) is 0 Å². The number of rotatable bonds is 65. The van der Waals surface area contributed by atoms with Crippen molar-refractivity contribution in [1.82, 2.24) is 5.32 Å². The molecule has 0 aliphatic carbocycles. The molecule has 0 aromatic carbocycles. The van der Waals surface area contributed by atoms with Gasteiger partial charge in [-0.3, -0.25) is 9.36 Å². The molecule has 2 N–H and O–H groups in total. The topological polar surface area (TPSA) is 108 Å². The Morgan fingerprint density at radius 3 is 1.09 bits per heavy atom. The van der Waals surface area contributed by atoms with Gasteiger partial charge in [0.15, 0.2) is 0 Å². The van der Waals surface area contributed by atoms with Crippen molar-refractivity contribution in [3.8, 4) is 0 Å². The first kappa shape index (κ1) is 78.5. The number of hydrogen-bond donors (Lipinski definition) is 2. The summed E-state index contributed by atoms with van der Waals surface area (Å²) >= 11 is 0. The maximum atomic E-state index is 13.0. The average molecular weight is 1150 g/mol. The molecule has 0 saturated heterocycles. The molecule has 0 aliphatic rings. The molecule has 0 aromatic rings. The molecule has 80 heavy (non-hydrogen) atoms. The van der Waals surface area contributed by atoms with E-state index in [1.165, 1.54) is 283 Å². The fourth-order valence-electron chi connectivity index (χ4n) is 10.6. The first-order chi connectivity index (χ1) is 39.0. The highest BCUT2D eigenvalue weighted by Gasteiger charge is 2.23. The third-order valence-electron chi connectivity index (χ3n) is 16.0. The summed E-state index contributed by atoms with van der Waals surface area (Å²) in [6.45, 7) is 4.67. The second kappa shape index (κ2) is 62.0. The number of quaternary nitrogens is 1. The number of aliphatic hydroxyl groups excluding tert-OH is 1. The summed E-state index contributed by atoms with van der Waals surface area (Å²) in [5, 5.41) is 13.9. The number of carbonyl (C=O) groups is 1. The fraction of sp³-hybridized carbons (Fsp3) is 0.873. The number of phosphoric acid groups is 1. The van der Waals surface area contributed by atoms with Crippen molar-refractivity contribution < 1.29 is 32.9 Å². The lowest BCUT2D eigenvalue weighted by Gasteiger charge is -2.29. The van der Waals surface area contributed by atoms with E-state index in [2.05, 4.69) is 55.6 Å². The van der Waals surface area contributed by atoms with Crippen molar-refractivity contribution in [3.05, 3.63) is 48.6 Å². The Morgan fingerprint density at radius 1 is 0.438 bits per heavy atom. The number of aliphatic hydroxyl groups is 1. The van der Waals surface area contributed by atoms with Gasteiger partial charge in [-0.25, -0.2) is 0 Å². The molecule has 0 heterocycles. The second-order valence-corrected chi connectivity index (χ2v) is 26.6. The summed E-state index contributed by atoms with van der Waals surface area (Å²) in [5.74, 6) is -0.203. The van der Waals surface area contributed by atoms with E-state index in [1.54, 1.807) is 6.08 Å². The fourth-order valence-corrected chi connectivity index (χ4v) is 11.3. The molecule has 9 heteroatoms. The van der Waals surface area contributed by atoms with Gasteiger partial charge in [-0.2, -0.15) is 0 Å². The molecule has 0 saturated carbocycles. The number of unbranched alkanes of at least 4 members (excludes halogenated alkanes) is 46. The van der Waals surface area contributed by atoms with Crippen LogP contribution in [-0.4, -0.2) is 68.5 Å². The highest BCUT2D eigenvalue weighted by Crippen LogP contribution is 2.38. The minimum atomic E-state index is -4.61. The zero-order valence-corrected chi connectivity index (χ0v) is 54.9. The molecule has 0 aromatic heterocycles. The molecule has 0 radical (unpaired) electrons. The van der Waals surface area contributed by atoms with Crippen LogP contribution >= 0.6 is 7.82 Å². The van der Waals surface area contributed by atoms with Crippen LogP contribution in [0.15, 0.2) is 48.6 Å². The number of allylic oxidation sites excluding steroid dienone is 7. The molecule has 3 atom stereocenters. The smallest absolute Gasteiger partial charge is 0.268 e. The molecule has 1 amide bonds. The Balaban J connectivity index is 4.09. The highest BCUT2D eigenvalue weighted by molar-refractivity contribution is 7.45. The van der Waals surface area contributed by atoms with E-state index in [4.69, 9.17) is 9.05 Å². The lowest BCUT2D eigenvalue weighted by molar-refractivity contribution is -0.870. The number of hydrogen-bond acceptors (Lipinski definition) is 6. The van der Waals surface area contributed by atoms with E-state index in [9.17, 15) is 19.4 Å². The normalized spacial score (nSPS) is 13.9. The number of phosphoric ester groups is 1. The molecule has 3 unspecified atom stereocenters. The minimum Gasteiger partial charge on any atom is -0.756 e. The molecule has 0 fully saturated rings. The third kappa shape index (κ3) is 64.0. The molecule has 0 bridgehead atoms. The van der Waals surface area contributed by atoms with Gasteiger partial charge in [0, 0.05) is 6.42 Å². The number of likely N-dealkylation sites (N-methyl/N-ethyl adjacent to an activating group) is 1. The molecule has 0 rings (SSSR count). The predicted molar refractivity (Wildman–Crippen MR) is 348 cm³/mol. The van der Waals surface area contributed by atoms with Gasteiger partial charge < -0.3 is 28.8 Å². The van der Waals surface area contributed by atoms with Crippen molar-refractivity contribution in [2.24, 2.45) is 0 Å². The van der Waals surface area contributed by atoms with Crippen LogP contribution in [0.25, 0.3) is 0 Å². The van der Waals surface area contributed by atoms with Crippen LogP contribution in [0, 0.1) is 0 Å². The second-order valence-electron chi connectivity index (χ2n) is 25.2. The number of carbonyl (C=O) groups excluding carboxylic acids is 1. The monoisotopic (exact) mass is 1150 g/mol. The van der Waals surface area contributed by atoms with Gasteiger partial charge in [-0.15, -0.1) is 0 Å². The van der Waals surface area contributed by atoms with E-state index in [0.29, 0.717) is 17.4 Å². The summed E-state index contributed by atoms with van der Waals surface area (Å²) in [6.07, 6.45) is 83.8. The largest absolute Gasteiger partial charge is 0.756 e.